The molecule has 2 saturated heterocycles. The SMILES string of the molecule is Cc1cnc(N2CCC3(CC2)CCN3CC(=O)N(C)C)nc1. The Morgan fingerprint density at radius 2 is 1.77 bits per heavy atom. The molecule has 3 rings (SSSR count). The van der Waals surface area contributed by atoms with Gasteiger partial charge in [0.15, 0.2) is 0 Å². The third-order valence-corrected chi connectivity index (χ3v) is 5.09. The van der Waals surface area contributed by atoms with Gasteiger partial charge in [-0.25, -0.2) is 9.97 Å². The van der Waals surface area contributed by atoms with Gasteiger partial charge in [-0.2, -0.15) is 0 Å². The summed E-state index contributed by atoms with van der Waals surface area (Å²) in [7, 11) is 3.65. The molecule has 0 N–H and O–H groups in total. The Morgan fingerprint density at radius 3 is 2.27 bits per heavy atom. The number of carbonyl (C=O) groups is 1. The molecule has 22 heavy (non-hydrogen) atoms. The number of hydrogen-bond donors (Lipinski definition) is 0. The monoisotopic (exact) mass is 303 g/mol. The first-order chi connectivity index (χ1) is 10.5. The largest absolute Gasteiger partial charge is 0.348 e. The second-order valence-electron chi connectivity index (χ2n) is 6.73. The first kappa shape index (κ1) is 15.2. The standard InChI is InChI=1S/C16H25N5O/c1-13-10-17-15(18-11-13)20-7-4-16(5-8-20)6-9-21(16)12-14(22)19(2)3/h10-11H,4-9,12H2,1-3H3. The minimum Gasteiger partial charge on any atom is -0.348 e. The highest BCUT2D eigenvalue weighted by Gasteiger charge is 2.47. The third-order valence-electron chi connectivity index (χ3n) is 5.09. The van der Waals surface area contributed by atoms with Crippen molar-refractivity contribution in [1.29, 1.82) is 0 Å². The summed E-state index contributed by atoms with van der Waals surface area (Å²) in [6, 6.07) is 0. The van der Waals surface area contributed by atoms with E-state index < -0.39 is 0 Å². The first-order valence-corrected chi connectivity index (χ1v) is 7.99. The Bertz CT molecular complexity index is 534. The summed E-state index contributed by atoms with van der Waals surface area (Å²) in [4.78, 5) is 27.1. The molecule has 2 aliphatic heterocycles. The molecule has 0 aromatic carbocycles. The number of aryl methyl sites for hydroxylation is 1. The number of likely N-dealkylation sites (tertiary alicyclic amines) is 1. The van der Waals surface area contributed by atoms with Gasteiger partial charge in [-0.05, 0) is 31.7 Å². The first-order valence-electron chi connectivity index (χ1n) is 7.99. The van der Waals surface area contributed by atoms with Gasteiger partial charge in [-0.15, -0.1) is 0 Å². The maximum Gasteiger partial charge on any atom is 0.236 e. The predicted molar refractivity (Wildman–Crippen MR) is 85.8 cm³/mol. The summed E-state index contributed by atoms with van der Waals surface area (Å²) >= 11 is 0. The van der Waals surface area contributed by atoms with Crippen molar-refractivity contribution in [1.82, 2.24) is 19.8 Å². The van der Waals surface area contributed by atoms with Gasteiger partial charge in [0.2, 0.25) is 11.9 Å². The van der Waals surface area contributed by atoms with Crippen LogP contribution in [-0.2, 0) is 4.79 Å². The van der Waals surface area contributed by atoms with E-state index in [1.807, 2.05) is 33.4 Å². The van der Waals surface area contributed by atoms with Gasteiger partial charge in [-0.3, -0.25) is 9.69 Å². The van der Waals surface area contributed by atoms with Crippen LogP contribution in [0, 0.1) is 6.92 Å². The molecule has 0 bridgehead atoms. The zero-order valence-corrected chi connectivity index (χ0v) is 13.7. The smallest absolute Gasteiger partial charge is 0.236 e. The number of carbonyl (C=O) groups excluding carboxylic acids is 1. The predicted octanol–water partition coefficient (Wildman–Crippen LogP) is 0.918. The molecule has 0 atom stereocenters. The van der Waals surface area contributed by atoms with E-state index >= 15 is 0 Å². The molecule has 0 radical (unpaired) electrons. The van der Waals surface area contributed by atoms with Crippen LogP contribution in [0.1, 0.15) is 24.8 Å². The van der Waals surface area contributed by atoms with Crippen molar-refractivity contribution in [2.24, 2.45) is 0 Å². The van der Waals surface area contributed by atoms with Crippen LogP contribution >= 0.6 is 0 Å². The molecule has 2 fully saturated rings. The Morgan fingerprint density at radius 1 is 1.18 bits per heavy atom. The number of hydrogen-bond acceptors (Lipinski definition) is 5. The number of aromatic nitrogens is 2. The lowest BCUT2D eigenvalue weighted by molar-refractivity contribution is -0.136. The van der Waals surface area contributed by atoms with E-state index in [2.05, 4.69) is 19.8 Å². The lowest BCUT2D eigenvalue weighted by Gasteiger charge is -2.56. The van der Waals surface area contributed by atoms with Crippen molar-refractivity contribution < 1.29 is 4.79 Å². The van der Waals surface area contributed by atoms with E-state index in [1.54, 1.807) is 4.90 Å². The van der Waals surface area contributed by atoms with Crippen molar-refractivity contribution in [3.8, 4) is 0 Å². The van der Waals surface area contributed by atoms with E-state index in [0.717, 1.165) is 44.0 Å². The van der Waals surface area contributed by atoms with Crippen LogP contribution in [0.25, 0.3) is 0 Å². The molecule has 0 saturated carbocycles. The van der Waals surface area contributed by atoms with Crippen molar-refractivity contribution in [2.75, 3.05) is 45.2 Å². The summed E-state index contributed by atoms with van der Waals surface area (Å²) in [5.74, 6) is 1.03. The molecular formula is C16H25N5O. The molecule has 2 aliphatic rings. The molecule has 1 aromatic rings. The van der Waals surface area contributed by atoms with Crippen molar-refractivity contribution in [3.63, 3.8) is 0 Å². The average Bonchev–Trinajstić information content (AvgIpc) is 2.52. The Labute approximate surface area is 132 Å². The van der Waals surface area contributed by atoms with Gasteiger partial charge in [0, 0.05) is 51.7 Å². The molecular weight excluding hydrogens is 278 g/mol. The van der Waals surface area contributed by atoms with Crippen molar-refractivity contribution >= 4 is 11.9 Å². The second-order valence-corrected chi connectivity index (χ2v) is 6.73. The molecule has 6 heteroatoms. The molecule has 6 nitrogen and oxygen atoms in total. The van der Waals surface area contributed by atoms with Gasteiger partial charge in [0.05, 0.1) is 6.54 Å². The number of anilines is 1. The highest BCUT2D eigenvalue weighted by molar-refractivity contribution is 5.77. The van der Waals surface area contributed by atoms with Crippen LogP contribution in [-0.4, -0.2) is 71.5 Å². The number of nitrogens with zero attached hydrogens (tertiary/aromatic N) is 5. The molecule has 1 amide bonds. The Hall–Kier alpha value is -1.69. The third kappa shape index (κ3) is 2.79. The maximum atomic E-state index is 11.9. The highest BCUT2D eigenvalue weighted by atomic mass is 16.2. The van der Waals surface area contributed by atoms with Gasteiger partial charge in [-0.1, -0.05) is 0 Å². The molecule has 0 aliphatic carbocycles. The Kier molecular flexibility index (Phi) is 4.04. The molecule has 1 aromatic heterocycles. The summed E-state index contributed by atoms with van der Waals surface area (Å²) in [5.41, 5.74) is 1.32. The normalized spacial score (nSPS) is 20.8. The average molecular weight is 303 g/mol. The number of rotatable bonds is 3. The van der Waals surface area contributed by atoms with Crippen LogP contribution in [0.3, 0.4) is 0 Å². The topological polar surface area (TPSA) is 52.6 Å². The van der Waals surface area contributed by atoms with Crippen LogP contribution in [0.4, 0.5) is 5.95 Å². The number of likely N-dealkylation sites (N-methyl/N-ethyl adjacent to an activating group) is 1. The van der Waals surface area contributed by atoms with Gasteiger partial charge in [0.25, 0.3) is 0 Å². The van der Waals surface area contributed by atoms with E-state index in [1.165, 1.54) is 6.42 Å². The fourth-order valence-corrected chi connectivity index (χ4v) is 3.38. The van der Waals surface area contributed by atoms with Crippen LogP contribution in [0.2, 0.25) is 0 Å². The molecule has 120 valence electrons. The second kappa shape index (κ2) is 5.83. The van der Waals surface area contributed by atoms with Gasteiger partial charge in [0.1, 0.15) is 0 Å². The number of piperidine rings is 1. The maximum absolute atomic E-state index is 11.9. The molecule has 1 spiro atoms. The van der Waals surface area contributed by atoms with E-state index in [4.69, 9.17) is 0 Å². The fraction of sp³-hybridized carbons (Fsp3) is 0.688. The lowest BCUT2D eigenvalue weighted by Crippen LogP contribution is -2.65. The summed E-state index contributed by atoms with van der Waals surface area (Å²) in [6.07, 6.45) is 7.13. The minimum atomic E-state index is 0.198. The van der Waals surface area contributed by atoms with E-state index in [9.17, 15) is 4.79 Å². The lowest BCUT2D eigenvalue weighted by atomic mass is 9.76. The van der Waals surface area contributed by atoms with Crippen molar-refractivity contribution in [2.45, 2.75) is 31.7 Å². The molecule has 3 heterocycles. The minimum absolute atomic E-state index is 0.198. The quantitative estimate of drug-likeness (QED) is 0.831. The molecule has 0 unspecified atom stereocenters. The number of amides is 1. The van der Waals surface area contributed by atoms with Crippen LogP contribution in [0.5, 0.6) is 0 Å². The Balaban J connectivity index is 1.59. The van der Waals surface area contributed by atoms with Gasteiger partial charge < -0.3 is 9.80 Å². The van der Waals surface area contributed by atoms with Gasteiger partial charge >= 0.3 is 0 Å². The van der Waals surface area contributed by atoms with E-state index in [0.29, 0.717) is 6.54 Å². The zero-order chi connectivity index (χ0) is 15.7. The highest BCUT2D eigenvalue weighted by Crippen LogP contribution is 2.40. The van der Waals surface area contributed by atoms with Crippen molar-refractivity contribution in [3.05, 3.63) is 18.0 Å². The zero-order valence-electron chi connectivity index (χ0n) is 13.7. The fourth-order valence-electron chi connectivity index (χ4n) is 3.38. The summed E-state index contributed by atoms with van der Waals surface area (Å²) in [5, 5.41) is 0. The van der Waals surface area contributed by atoms with E-state index in [-0.39, 0.29) is 11.4 Å². The summed E-state index contributed by atoms with van der Waals surface area (Å²) < 4.78 is 0. The summed E-state index contributed by atoms with van der Waals surface area (Å²) in [6.45, 7) is 5.53. The van der Waals surface area contributed by atoms with Crippen LogP contribution in [0.15, 0.2) is 12.4 Å². The van der Waals surface area contributed by atoms with Crippen LogP contribution < -0.4 is 4.90 Å².